The van der Waals surface area contributed by atoms with E-state index in [0.717, 1.165) is 12.8 Å². The molecule has 2 heterocycles. The van der Waals surface area contributed by atoms with E-state index in [-0.39, 0.29) is 5.90 Å². The van der Waals surface area contributed by atoms with Crippen molar-refractivity contribution in [2.45, 2.75) is 44.5 Å². The van der Waals surface area contributed by atoms with Crippen LogP contribution in [0.15, 0.2) is 24.3 Å². The predicted molar refractivity (Wildman–Crippen MR) is 101 cm³/mol. The molecule has 0 aromatic heterocycles. The molecule has 2 aliphatic heterocycles. The van der Waals surface area contributed by atoms with Crippen LogP contribution in [0.4, 0.5) is 0 Å². The Bertz CT molecular complexity index is 956. The number of nitrogens with zero attached hydrogens (tertiary/aromatic N) is 3. The van der Waals surface area contributed by atoms with Crippen LogP contribution in [0.5, 0.6) is 5.75 Å². The smallest absolute Gasteiger partial charge is 0.217 e. The minimum absolute atomic E-state index is 0.319. The average Bonchev–Trinajstić information content (AvgIpc) is 2.97. The van der Waals surface area contributed by atoms with Crippen molar-refractivity contribution in [2.75, 3.05) is 7.11 Å². The average molecular weight is 390 g/mol. The van der Waals surface area contributed by atoms with Gasteiger partial charge in [0.25, 0.3) is 0 Å². The number of methoxy groups -OCH3 is 1. The van der Waals surface area contributed by atoms with E-state index >= 15 is 0 Å². The first-order valence-electron chi connectivity index (χ1n) is 9.80. The van der Waals surface area contributed by atoms with Gasteiger partial charge in [0, 0.05) is 6.42 Å². The quantitative estimate of drug-likeness (QED) is 0.836. The van der Waals surface area contributed by atoms with E-state index in [9.17, 15) is 15.8 Å². The van der Waals surface area contributed by atoms with Gasteiger partial charge in [0.15, 0.2) is 5.41 Å². The molecule has 5 atom stereocenters. The van der Waals surface area contributed by atoms with Gasteiger partial charge in [0.1, 0.15) is 11.9 Å². The van der Waals surface area contributed by atoms with Gasteiger partial charge in [0.2, 0.25) is 17.1 Å². The number of rotatable bonds is 3. The van der Waals surface area contributed by atoms with Crippen LogP contribution in [0.1, 0.15) is 44.3 Å². The summed E-state index contributed by atoms with van der Waals surface area (Å²) in [5, 5.41) is 39.4. The van der Waals surface area contributed by atoms with Gasteiger partial charge in [0.05, 0.1) is 31.2 Å². The van der Waals surface area contributed by atoms with Crippen molar-refractivity contribution in [3.8, 4) is 24.0 Å². The van der Waals surface area contributed by atoms with E-state index < -0.39 is 28.6 Å². The number of nitriles is 3. The monoisotopic (exact) mass is 390 g/mol. The van der Waals surface area contributed by atoms with Crippen molar-refractivity contribution in [2.24, 2.45) is 22.7 Å². The molecule has 1 aromatic rings. The summed E-state index contributed by atoms with van der Waals surface area (Å²) in [5.74, 6) is -1.03. The van der Waals surface area contributed by atoms with Crippen molar-refractivity contribution >= 4 is 5.90 Å². The molecule has 1 N–H and O–H groups in total. The summed E-state index contributed by atoms with van der Waals surface area (Å²) >= 11 is 0. The summed E-state index contributed by atoms with van der Waals surface area (Å²) in [7, 11) is 1.55. The first-order chi connectivity index (χ1) is 14.0. The topological polar surface area (TPSA) is 123 Å². The molecule has 0 radical (unpaired) electrons. The van der Waals surface area contributed by atoms with Crippen LogP contribution in [0, 0.1) is 62.1 Å². The zero-order valence-electron chi connectivity index (χ0n) is 16.4. The molecule has 148 valence electrons. The maximum absolute atomic E-state index is 10.3. The van der Waals surface area contributed by atoms with E-state index in [1.807, 2.05) is 0 Å². The Balaban J connectivity index is 1.93. The van der Waals surface area contributed by atoms with E-state index in [1.54, 1.807) is 31.4 Å². The molecule has 29 heavy (non-hydrogen) atoms. The third kappa shape index (κ3) is 2.21. The standard InChI is InChI=1S/C22H22N4O3/c1-3-14-8-9-22-17(10-14)21(13-25,19(26)29-22)20(11-23,12-24)18(28-22)15-4-6-16(27-2)7-5-15/h4-7,14,17-18,26H,3,8-10H2,1-2H3. The SMILES string of the molecule is CCC1CCC23OC(=N)C(C#N)(C2C1)C(C#N)(C#N)C(c1ccc(OC)cc1)O3. The molecule has 3 aliphatic rings. The second kappa shape index (κ2) is 6.48. The van der Waals surface area contributed by atoms with Gasteiger partial charge in [-0.3, -0.25) is 5.41 Å². The number of nitrogens with one attached hydrogen (secondary N) is 1. The van der Waals surface area contributed by atoms with Crippen molar-refractivity contribution in [3.63, 3.8) is 0 Å². The minimum atomic E-state index is -1.90. The van der Waals surface area contributed by atoms with Crippen molar-refractivity contribution < 1.29 is 14.2 Å². The van der Waals surface area contributed by atoms with Crippen LogP contribution in [-0.4, -0.2) is 18.8 Å². The summed E-state index contributed by atoms with van der Waals surface area (Å²) in [6.07, 6.45) is 1.88. The van der Waals surface area contributed by atoms with Gasteiger partial charge in [-0.15, -0.1) is 0 Å². The number of hydrogen-bond acceptors (Lipinski definition) is 7. The second-order valence-electron chi connectivity index (χ2n) is 8.07. The van der Waals surface area contributed by atoms with Gasteiger partial charge in [-0.1, -0.05) is 25.5 Å². The maximum atomic E-state index is 10.3. The van der Waals surface area contributed by atoms with Gasteiger partial charge in [-0.25, -0.2) is 0 Å². The molecule has 1 saturated carbocycles. The Kier molecular flexibility index (Phi) is 4.30. The number of hydrogen-bond donors (Lipinski definition) is 1. The lowest BCUT2D eigenvalue weighted by molar-refractivity contribution is -0.299. The Morgan fingerprint density at radius 3 is 2.41 bits per heavy atom. The van der Waals surface area contributed by atoms with Crippen LogP contribution in [-0.2, 0) is 9.47 Å². The second-order valence-corrected chi connectivity index (χ2v) is 8.07. The highest BCUT2D eigenvalue weighted by Crippen LogP contribution is 2.70. The normalized spacial score (nSPS) is 36.7. The van der Waals surface area contributed by atoms with Crippen molar-refractivity contribution in [1.29, 1.82) is 21.2 Å². The molecule has 0 spiro atoms. The summed E-state index contributed by atoms with van der Waals surface area (Å²) in [6, 6.07) is 13.3. The van der Waals surface area contributed by atoms with Crippen LogP contribution in [0.3, 0.4) is 0 Å². The summed E-state index contributed by atoms with van der Waals surface area (Å²) < 4.78 is 17.5. The Morgan fingerprint density at radius 2 is 1.86 bits per heavy atom. The first kappa shape index (κ1) is 19.2. The third-order valence-corrected chi connectivity index (χ3v) is 7.01. The molecule has 7 nitrogen and oxygen atoms in total. The van der Waals surface area contributed by atoms with Gasteiger partial charge < -0.3 is 14.2 Å². The summed E-state index contributed by atoms with van der Waals surface area (Å²) in [6.45, 7) is 2.08. The molecule has 2 bridgehead atoms. The number of benzene rings is 1. The van der Waals surface area contributed by atoms with Gasteiger partial charge >= 0.3 is 0 Å². The summed E-state index contributed by atoms with van der Waals surface area (Å²) in [4.78, 5) is 0. The van der Waals surface area contributed by atoms with Crippen LogP contribution in [0.2, 0.25) is 0 Å². The molecular weight excluding hydrogens is 368 g/mol. The van der Waals surface area contributed by atoms with E-state index in [0.29, 0.717) is 30.1 Å². The predicted octanol–water partition coefficient (Wildman–Crippen LogP) is 3.84. The number of ether oxygens (including phenoxy) is 3. The van der Waals surface area contributed by atoms with Crippen LogP contribution >= 0.6 is 0 Å². The zero-order valence-corrected chi connectivity index (χ0v) is 16.4. The molecule has 1 aliphatic carbocycles. The summed E-state index contributed by atoms with van der Waals surface area (Å²) in [5.41, 5.74) is -2.98. The van der Waals surface area contributed by atoms with E-state index in [4.69, 9.17) is 19.6 Å². The van der Waals surface area contributed by atoms with Crippen molar-refractivity contribution in [1.82, 2.24) is 0 Å². The Morgan fingerprint density at radius 1 is 1.17 bits per heavy atom. The highest BCUT2D eigenvalue weighted by atomic mass is 16.7. The Labute approximate surface area is 169 Å². The highest BCUT2D eigenvalue weighted by molar-refractivity contribution is 5.89. The fraction of sp³-hybridized carbons (Fsp3) is 0.545. The molecule has 3 fully saturated rings. The van der Waals surface area contributed by atoms with E-state index in [2.05, 4.69) is 25.1 Å². The lowest BCUT2D eigenvalue weighted by Gasteiger charge is -2.52. The van der Waals surface area contributed by atoms with Gasteiger partial charge in [-0.2, -0.15) is 15.8 Å². The lowest BCUT2D eigenvalue weighted by Crippen LogP contribution is -2.61. The van der Waals surface area contributed by atoms with Crippen molar-refractivity contribution in [3.05, 3.63) is 29.8 Å². The molecule has 0 amide bonds. The zero-order chi connectivity index (χ0) is 20.9. The minimum Gasteiger partial charge on any atom is -0.497 e. The molecule has 5 unspecified atom stereocenters. The van der Waals surface area contributed by atoms with Crippen LogP contribution in [0.25, 0.3) is 0 Å². The maximum Gasteiger partial charge on any atom is 0.217 e. The fourth-order valence-corrected chi connectivity index (χ4v) is 5.37. The first-order valence-corrected chi connectivity index (χ1v) is 9.80. The Hall–Kier alpha value is -3.08. The molecular formula is C22H22N4O3. The molecule has 2 saturated heterocycles. The lowest BCUT2D eigenvalue weighted by atomic mass is 9.50. The van der Waals surface area contributed by atoms with E-state index in [1.165, 1.54) is 0 Å². The third-order valence-electron chi connectivity index (χ3n) is 7.01. The molecule has 4 rings (SSSR count). The molecule has 7 heteroatoms. The molecule has 1 aromatic carbocycles. The van der Waals surface area contributed by atoms with Gasteiger partial charge in [-0.05, 0) is 36.5 Å². The largest absolute Gasteiger partial charge is 0.497 e. The fourth-order valence-electron chi connectivity index (χ4n) is 5.37. The van der Waals surface area contributed by atoms with Crippen LogP contribution < -0.4 is 4.74 Å². The highest BCUT2D eigenvalue weighted by Gasteiger charge is 2.80.